The van der Waals surface area contributed by atoms with Crippen molar-refractivity contribution in [3.05, 3.63) is 28.3 Å². The highest BCUT2D eigenvalue weighted by Gasteiger charge is 2.35. The summed E-state index contributed by atoms with van der Waals surface area (Å²) in [5.74, 6) is -4.68. The molecule has 0 aromatic heterocycles. The number of nitrogens with two attached hydrogens (primary N) is 1. The average molecular weight is 319 g/mol. The van der Waals surface area contributed by atoms with E-state index in [0.717, 1.165) is 7.11 Å². The van der Waals surface area contributed by atoms with Crippen LogP contribution >= 0.6 is 0 Å². The van der Waals surface area contributed by atoms with Gasteiger partial charge in [0, 0.05) is 11.1 Å². The Kier molecular flexibility index (Phi) is 6.92. The van der Waals surface area contributed by atoms with Gasteiger partial charge < -0.3 is 20.7 Å². The summed E-state index contributed by atoms with van der Waals surface area (Å²) in [6, 6.07) is -1.80. The second kappa shape index (κ2) is 7.51. The van der Waals surface area contributed by atoms with E-state index >= 15 is 0 Å². The molecule has 5 nitrogen and oxygen atoms in total. The van der Waals surface area contributed by atoms with Crippen LogP contribution in [0.5, 0.6) is 5.75 Å². The van der Waals surface area contributed by atoms with Crippen molar-refractivity contribution in [2.24, 2.45) is 5.73 Å². The first-order valence-electron chi connectivity index (χ1n) is 6.80. The monoisotopic (exact) mass is 319 g/mol. The lowest BCUT2D eigenvalue weighted by molar-refractivity contribution is -0.138. The van der Waals surface area contributed by atoms with Crippen molar-refractivity contribution < 1.29 is 28.5 Å². The molecule has 0 aliphatic heterocycles. The summed E-state index contributed by atoms with van der Waals surface area (Å²) in [6.45, 7) is 8.04. The van der Waals surface area contributed by atoms with E-state index in [4.69, 9.17) is 15.6 Å². The number of carbonyl (C=O) groups is 1. The Balaban J connectivity index is 0.00000211. The van der Waals surface area contributed by atoms with Gasteiger partial charge in [-0.2, -0.15) is 4.39 Å². The first-order valence-corrected chi connectivity index (χ1v) is 6.80. The summed E-state index contributed by atoms with van der Waals surface area (Å²) in [7, 11) is 1.15. The summed E-state index contributed by atoms with van der Waals surface area (Å²) in [5.41, 5.74) is 3.22. The molecule has 0 aliphatic rings. The van der Waals surface area contributed by atoms with Gasteiger partial charge in [0.2, 0.25) is 5.82 Å². The van der Waals surface area contributed by atoms with E-state index in [1.807, 2.05) is 13.8 Å². The number of benzene rings is 1. The molecule has 126 valence electrons. The number of carboxylic acid groups (broad SMARTS) is 1. The van der Waals surface area contributed by atoms with E-state index in [0.29, 0.717) is 0 Å². The molecule has 7 heteroatoms. The molecular weight excluding hydrogens is 296 g/mol. The Labute approximate surface area is 128 Å². The number of carboxylic acids is 1. The lowest BCUT2D eigenvalue weighted by atomic mass is 9.85. The van der Waals surface area contributed by atoms with E-state index in [9.17, 15) is 18.7 Å². The van der Waals surface area contributed by atoms with Gasteiger partial charge in [0.15, 0.2) is 11.6 Å². The maximum Gasteiger partial charge on any atom is 0.325 e. The van der Waals surface area contributed by atoms with Crippen molar-refractivity contribution in [1.29, 1.82) is 0 Å². The third-order valence-electron chi connectivity index (χ3n) is 3.01. The van der Waals surface area contributed by atoms with Crippen LogP contribution < -0.4 is 10.5 Å². The standard InChI is InChI=1S/C13H17F2NO4.C2H6/c1-5-7(13(2,3)19)6(10(16)12(17)18)8(14)9(15)11(5)20-4;1-2/h10,19H,16H2,1-4H3,(H,17,18);1-2H3. The fourth-order valence-electron chi connectivity index (χ4n) is 2.25. The van der Waals surface area contributed by atoms with Gasteiger partial charge in [-0.15, -0.1) is 0 Å². The smallest absolute Gasteiger partial charge is 0.325 e. The van der Waals surface area contributed by atoms with Gasteiger partial charge in [-0.3, -0.25) is 4.79 Å². The average Bonchev–Trinajstić information content (AvgIpc) is 2.43. The van der Waals surface area contributed by atoms with Crippen LogP contribution in [0.3, 0.4) is 0 Å². The number of ether oxygens (including phenoxy) is 1. The topological polar surface area (TPSA) is 92.8 Å². The zero-order chi connectivity index (χ0) is 17.8. The number of aliphatic carboxylic acids is 1. The number of halogens is 2. The first kappa shape index (κ1) is 20.3. The van der Waals surface area contributed by atoms with Crippen LogP contribution in [0.2, 0.25) is 0 Å². The predicted octanol–water partition coefficient (Wildman–Crippen LogP) is 2.62. The van der Waals surface area contributed by atoms with Gasteiger partial charge in [-0.1, -0.05) is 13.8 Å². The number of hydrogen-bond donors (Lipinski definition) is 3. The molecular formula is C15H23F2NO4. The molecule has 0 heterocycles. The Morgan fingerprint density at radius 3 is 2.05 bits per heavy atom. The number of rotatable bonds is 4. The third kappa shape index (κ3) is 3.72. The molecule has 4 N–H and O–H groups in total. The Morgan fingerprint density at radius 2 is 1.73 bits per heavy atom. The second-order valence-corrected chi connectivity index (χ2v) is 4.95. The first-order chi connectivity index (χ1) is 10.0. The lowest BCUT2D eigenvalue weighted by Crippen LogP contribution is -2.30. The molecule has 0 amide bonds. The third-order valence-corrected chi connectivity index (χ3v) is 3.01. The highest BCUT2D eigenvalue weighted by Crippen LogP contribution is 2.39. The van der Waals surface area contributed by atoms with Crippen LogP contribution in [0, 0.1) is 18.6 Å². The summed E-state index contributed by atoms with van der Waals surface area (Å²) in [5, 5.41) is 19.1. The van der Waals surface area contributed by atoms with E-state index in [1.165, 1.54) is 20.8 Å². The molecule has 1 aromatic rings. The van der Waals surface area contributed by atoms with Gasteiger partial charge in [0.25, 0.3) is 0 Å². The van der Waals surface area contributed by atoms with E-state index in [2.05, 4.69) is 0 Å². The predicted molar refractivity (Wildman–Crippen MR) is 78.8 cm³/mol. The molecule has 0 fully saturated rings. The largest absolute Gasteiger partial charge is 0.493 e. The molecule has 0 radical (unpaired) electrons. The molecule has 22 heavy (non-hydrogen) atoms. The molecule has 0 saturated heterocycles. The molecule has 1 atom stereocenters. The lowest BCUT2D eigenvalue weighted by Gasteiger charge is -2.27. The van der Waals surface area contributed by atoms with Crippen molar-refractivity contribution in [1.82, 2.24) is 0 Å². The van der Waals surface area contributed by atoms with E-state index in [-0.39, 0.29) is 16.9 Å². The Morgan fingerprint density at radius 1 is 1.27 bits per heavy atom. The van der Waals surface area contributed by atoms with Crippen molar-refractivity contribution in [2.45, 2.75) is 46.3 Å². The Hall–Kier alpha value is -1.73. The van der Waals surface area contributed by atoms with Gasteiger partial charge in [-0.25, -0.2) is 4.39 Å². The number of hydrogen-bond acceptors (Lipinski definition) is 4. The molecule has 0 aliphatic carbocycles. The summed E-state index contributed by atoms with van der Waals surface area (Å²) in [6.07, 6.45) is 0. The minimum absolute atomic E-state index is 0.0943. The van der Waals surface area contributed by atoms with Crippen LogP contribution in [0.25, 0.3) is 0 Å². The highest BCUT2D eigenvalue weighted by atomic mass is 19.2. The van der Waals surface area contributed by atoms with Crippen LogP contribution in [-0.4, -0.2) is 23.3 Å². The zero-order valence-corrected chi connectivity index (χ0v) is 13.6. The molecule has 1 unspecified atom stereocenters. The van der Waals surface area contributed by atoms with Gasteiger partial charge in [-0.05, 0) is 26.3 Å². The zero-order valence-electron chi connectivity index (χ0n) is 13.6. The van der Waals surface area contributed by atoms with Crippen molar-refractivity contribution in [3.63, 3.8) is 0 Å². The maximum absolute atomic E-state index is 14.1. The molecule has 1 aromatic carbocycles. The van der Waals surface area contributed by atoms with Gasteiger partial charge in [0.1, 0.15) is 6.04 Å². The molecule has 0 bridgehead atoms. The minimum Gasteiger partial charge on any atom is -0.493 e. The second-order valence-electron chi connectivity index (χ2n) is 4.95. The minimum atomic E-state index is -1.80. The normalized spacial score (nSPS) is 12.3. The quantitative estimate of drug-likeness (QED) is 0.793. The van der Waals surface area contributed by atoms with Crippen molar-refractivity contribution in [3.8, 4) is 5.75 Å². The fraction of sp³-hybridized carbons (Fsp3) is 0.533. The SMILES string of the molecule is CC.COc1c(C)c(C(C)(C)O)c(C(N)C(=O)O)c(F)c1F. The molecule has 1 rings (SSSR count). The van der Waals surface area contributed by atoms with Crippen LogP contribution in [-0.2, 0) is 10.4 Å². The number of methoxy groups -OCH3 is 1. The van der Waals surface area contributed by atoms with Crippen LogP contribution in [0.1, 0.15) is 50.4 Å². The highest BCUT2D eigenvalue weighted by molar-refractivity contribution is 5.76. The molecule has 0 spiro atoms. The Bertz CT molecular complexity index is 554. The maximum atomic E-state index is 14.1. The van der Waals surface area contributed by atoms with E-state index < -0.39 is 34.8 Å². The summed E-state index contributed by atoms with van der Waals surface area (Å²) >= 11 is 0. The van der Waals surface area contributed by atoms with E-state index in [1.54, 1.807) is 0 Å². The summed E-state index contributed by atoms with van der Waals surface area (Å²) in [4.78, 5) is 11.0. The van der Waals surface area contributed by atoms with Crippen LogP contribution in [0.4, 0.5) is 8.78 Å². The van der Waals surface area contributed by atoms with Crippen molar-refractivity contribution >= 4 is 5.97 Å². The molecule has 0 saturated carbocycles. The summed E-state index contributed by atoms with van der Waals surface area (Å²) < 4.78 is 32.8. The fourth-order valence-corrected chi connectivity index (χ4v) is 2.25. The van der Waals surface area contributed by atoms with Gasteiger partial charge in [0.05, 0.1) is 12.7 Å². The van der Waals surface area contributed by atoms with Crippen molar-refractivity contribution in [2.75, 3.05) is 7.11 Å². The van der Waals surface area contributed by atoms with Gasteiger partial charge >= 0.3 is 5.97 Å². The van der Waals surface area contributed by atoms with Crippen LogP contribution in [0.15, 0.2) is 0 Å². The number of aliphatic hydroxyl groups is 1.